The number of esters is 1. The number of carboxylic acid groups (broad SMARTS) is 1. The first-order valence-electron chi connectivity index (χ1n) is 21.1. The zero-order chi connectivity index (χ0) is 39.6. The Kier molecular flexibility index (Phi) is 37.7. The smallest absolute Gasteiger partial charge is 0.326 e. The highest BCUT2D eigenvalue weighted by Gasteiger charge is 2.19. The topological polar surface area (TPSA) is 119 Å². The molecule has 0 saturated heterocycles. The summed E-state index contributed by atoms with van der Waals surface area (Å²) in [6.45, 7) is 4.69. The van der Waals surface area contributed by atoms with Crippen molar-refractivity contribution in [2.24, 2.45) is 5.73 Å². The van der Waals surface area contributed by atoms with Crippen molar-refractivity contribution < 1.29 is 24.2 Å². The van der Waals surface area contributed by atoms with E-state index in [-0.39, 0.29) is 18.0 Å². The van der Waals surface area contributed by atoms with E-state index >= 15 is 0 Å². The van der Waals surface area contributed by atoms with E-state index in [0.29, 0.717) is 32.2 Å². The van der Waals surface area contributed by atoms with Gasteiger partial charge in [-0.1, -0.05) is 130 Å². The van der Waals surface area contributed by atoms with Gasteiger partial charge >= 0.3 is 11.9 Å². The molecule has 2 atom stereocenters. The number of hydrogen-bond acceptors (Lipinski definition) is 5. The van der Waals surface area contributed by atoms with Crippen LogP contribution in [0.15, 0.2) is 97.2 Å². The largest absolute Gasteiger partial charge is 0.480 e. The first-order chi connectivity index (χ1) is 26.4. The van der Waals surface area contributed by atoms with Gasteiger partial charge in [-0.3, -0.25) is 9.59 Å². The molecule has 0 aliphatic heterocycles. The van der Waals surface area contributed by atoms with E-state index in [1.807, 2.05) is 0 Å². The Hall–Kier alpha value is -3.71. The van der Waals surface area contributed by atoms with E-state index in [1.54, 1.807) is 0 Å². The van der Waals surface area contributed by atoms with Crippen LogP contribution in [0.2, 0.25) is 0 Å². The minimum Gasteiger partial charge on any atom is -0.480 e. The molecule has 0 fully saturated rings. The SMILES string of the molecule is CC/C=C\C/C=C\C/C=C\C/C=C\CCCCC(=O)OC(CC/C=C\C/C=C\C/C=C\C/C=C\CC)CCCCCCCC(=O)NC(CCCN)C(=O)O. The number of nitrogens with two attached hydrogens (primary N) is 1. The van der Waals surface area contributed by atoms with Crippen LogP contribution in [0.25, 0.3) is 0 Å². The summed E-state index contributed by atoms with van der Waals surface area (Å²) in [5, 5.41) is 11.9. The van der Waals surface area contributed by atoms with Crippen LogP contribution in [0, 0.1) is 0 Å². The van der Waals surface area contributed by atoms with Gasteiger partial charge in [0.15, 0.2) is 0 Å². The highest BCUT2D eigenvalue weighted by Crippen LogP contribution is 2.17. The Labute approximate surface area is 329 Å². The van der Waals surface area contributed by atoms with Crippen molar-refractivity contribution in [3.05, 3.63) is 97.2 Å². The molecule has 0 aliphatic rings. The number of aliphatic carboxylic acids is 1. The molecule has 4 N–H and O–H groups in total. The van der Waals surface area contributed by atoms with Crippen molar-refractivity contribution in [2.45, 2.75) is 174 Å². The second kappa shape index (κ2) is 40.5. The summed E-state index contributed by atoms with van der Waals surface area (Å²) in [5.74, 6) is -1.34. The molecule has 2 unspecified atom stereocenters. The number of rotatable bonds is 36. The maximum absolute atomic E-state index is 12.8. The summed E-state index contributed by atoms with van der Waals surface area (Å²) in [7, 11) is 0. The Morgan fingerprint density at radius 2 is 1.00 bits per heavy atom. The normalized spacial score (nSPS) is 13.7. The number of hydrogen-bond donors (Lipinski definition) is 3. The highest BCUT2D eigenvalue weighted by atomic mass is 16.5. The molecule has 0 spiro atoms. The summed E-state index contributed by atoms with van der Waals surface area (Å²) >= 11 is 0. The Morgan fingerprint density at radius 1 is 0.537 bits per heavy atom. The molecule has 0 aromatic carbocycles. The minimum atomic E-state index is -1.02. The number of carbonyl (C=O) groups is 3. The molecular formula is C47H76N2O5. The number of ether oxygens (including phenoxy) is 1. The summed E-state index contributed by atoms with van der Waals surface area (Å²) in [6, 6.07) is -0.872. The van der Waals surface area contributed by atoms with Crippen molar-refractivity contribution in [2.75, 3.05) is 6.54 Å². The first-order valence-corrected chi connectivity index (χ1v) is 21.1. The van der Waals surface area contributed by atoms with E-state index in [2.05, 4.69) is 116 Å². The maximum Gasteiger partial charge on any atom is 0.326 e. The van der Waals surface area contributed by atoms with Gasteiger partial charge in [-0.2, -0.15) is 0 Å². The molecule has 0 saturated carbocycles. The lowest BCUT2D eigenvalue weighted by Crippen LogP contribution is -2.40. The van der Waals surface area contributed by atoms with Crippen LogP contribution in [-0.4, -0.2) is 41.6 Å². The van der Waals surface area contributed by atoms with Crippen molar-refractivity contribution in [1.29, 1.82) is 0 Å². The molecule has 1 amide bonds. The fraction of sp³-hybridized carbons (Fsp3) is 0.596. The molecule has 0 aliphatic carbocycles. The van der Waals surface area contributed by atoms with Crippen LogP contribution in [0.5, 0.6) is 0 Å². The van der Waals surface area contributed by atoms with Crippen LogP contribution >= 0.6 is 0 Å². The quantitative estimate of drug-likeness (QED) is 0.0333. The molecular weight excluding hydrogens is 673 g/mol. The average Bonchev–Trinajstić information content (AvgIpc) is 3.16. The fourth-order valence-corrected chi connectivity index (χ4v) is 5.55. The third-order valence-electron chi connectivity index (χ3n) is 8.65. The summed E-state index contributed by atoms with van der Waals surface area (Å²) in [4.78, 5) is 36.3. The zero-order valence-corrected chi connectivity index (χ0v) is 34.0. The van der Waals surface area contributed by atoms with E-state index in [4.69, 9.17) is 10.5 Å². The van der Waals surface area contributed by atoms with Crippen molar-refractivity contribution in [3.63, 3.8) is 0 Å². The third-order valence-corrected chi connectivity index (χ3v) is 8.65. The molecule has 54 heavy (non-hydrogen) atoms. The molecule has 0 rings (SSSR count). The van der Waals surface area contributed by atoms with Gasteiger partial charge in [-0.25, -0.2) is 4.79 Å². The number of allylic oxidation sites excluding steroid dienone is 16. The monoisotopic (exact) mass is 749 g/mol. The van der Waals surface area contributed by atoms with Crippen LogP contribution in [0.4, 0.5) is 0 Å². The molecule has 0 radical (unpaired) electrons. The second-order valence-corrected chi connectivity index (χ2v) is 13.6. The molecule has 7 nitrogen and oxygen atoms in total. The van der Waals surface area contributed by atoms with Gasteiger partial charge in [-0.05, 0) is 122 Å². The lowest BCUT2D eigenvalue weighted by atomic mass is 10.0. The van der Waals surface area contributed by atoms with Gasteiger partial charge in [0, 0.05) is 12.8 Å². The van der Waals surface area contributed by atoms with Gasteiger partial charge in [0.1, 0.15) is 12.1 Å². The van der Waals surface area contributed by atoms with Gasteiger partial charge in [-0.15, -0.1) is 0 Å². The number of amides is 1. The van der Waals surface area contributed by atoms with Crippen molar-refractivity contribution >= 4 is 17.8 Å². The van der Waals surface area contributed by atoms with E-state index < -0.39 is 12.0 Å². The fourth-order valence-electron chi connectivity index (χ4n) is 5.55. The standard InChI is InChI=1S/C47H76N2O5/c1-3-5-7-9-11-13-15-17-18-20-22-24-26-31-35-41-46(51)54-43(37-32-28-25-23-21-19-16-14-12-10-8-6-4-2)38-33-29-27-30-34-40-45(50)49-44(47(52)53)39-36-42-48/h5-8,11-14,17-19,21-22,24-25,28,43-44H,3-4,9-10,15-16,20,23,26-27,29-42,48H2,1-2H3,(H,49,50)(H,52,53)/b7-5-,8-6-,13-11-,14-12-,18-17-,21-19-,24-22-,28-25-. The van der Waals surface area contributed by atoms with Gasteiger partial charge < -0.3 is 20.9 Å². The third kappa shape index (κ3) is 36.6. The van der Waals surface area contributed by atoms with Crippen LogP contribution in [0.3, 0.4) is 0 Å². The molecule has 7 heteroatoms. The van der Waals surface area contributed by atoms with E-state index in [0.717, 1.165) is 122 Å². The highest BCUT2D eigenvalue weighted by molar-refractivity contribution is 5.83. The van der Waals surface area contributed by atoms with E-state index in [9.17, 15) is 19.5 Å². The van der Waals surface area contributed by atoms with Crippen molar-refractivity contribution in [1.82, 2.24) is 5.32 Å². The number of carboxylic acids is 1. The molecule has 0 aromatic rings. The second-order valence-electron chi connectivity index (χ2n) is 13.6. The van der Waals surface area contributed by atoms with Gasteiger partial charge in [0.25, 0.3) is 0 Å². The Morgan fingerprint density at radius 3 is 1.52 bits per heavy atom. The lowest BCUT2D eigenvalue weighted by Gasteiger charge is -2.17. The summed E-state index contributed by atoms with van der Waals surface area (Å²) < 4.78 is 5.98. The Balaban J connectivity index is 4.56. The predicted octanol–water partition coefficient (Wildman–Crippen LogP) is 11.9. The van der Waals surface area contributed by atoms with Crippen LogP contribution in [-0.2, 0) is 19.1 Å². The lowest BCUT2D eigenvalue weighted by molar-refractivity contribution is -0.150. The summed E-state index contributed by atoms with van der Waals surface area (Å²) in [6.07, 6.45) is 54.5. The van der Waals surface area contributed by atoms with Crippen LogP contribution in [0.1, 0.15) is 162 Å². The minimum absolute atomic E-state index is 0.0915. The predicted molar refractivity (Wildman–Crippen MR) is 229 cm³/mol. The molecule has 304 valence electrons. The first kappa shape index (κ1) is 50.3. The van der Waals surface area contributed by atoms with Crippen molar-refractivity contribution in [3.8, 4) is 0 Å². The number of carbonyl (C=O) groups excluding carboxylic acids is 2. The summed E-state index contributed by atoms with van der Waals surface area (Å²) in [5.41, 5.74) is 5.48. The molecule has 0 bridgehead atoms. The van der Waals surface area contributed by atoms with Gasteiger partial charge in [0.2, 0.25) is 5.91 Å². The van der Waals surface area contributed by atoms with Crippen LogP contribution < -0.4 is 11.1 Å². The Bertz CT molecular complexity index is 1160. The molecule has 0 aromatic heterocycles. The zero-order valence-electron chi connectivity index (χ0n) is 34.0. The van der Waals surface area contributed by atoms with E-state index in [1.165, 1.54) is 0 Å². The van der Waals surface area contributed by atoms with Gasteiger partial charge in [0.05, 0.1) is 0 Å². The number of nitrogens with one attached hydrogen (secondary N) is 1. The maximum atomic E-state index is 12.8. The molecule has 0 heterocycles. The average molecular weight is 749 g/mol. The number of unbranched alkanes of at least 4 members (excludes halogenated alkanes) is 6.